The number of nitrogens with zero attached hydrogens (tertiary/aromatic N) is 1. The number of hydrogen-bond acceptors (Lipinski definition) is 3. The quantitative estimate of drug-likeness (QED) is 0.858. The van der Waals surface area contributed by atoms with Gasteiger partial charge in [-0.15, -0.1) is 0 Å². The number of alkyl halides is 3. The fourth-order valence-corrected chi connectivity index (χ4v) is 2.80. The molecule has 0 saturated carbocycles. The standard InChI is InChI=1S/C14H13F3N2S2/c1-19(7-9-4-5-21-8-9)10-2-3-11(13(18)20)12(6-10)14(15,16)17/h2-6,8H,7H2,1H3,(H2,18,20). The molecule has 2 nitrogen and oxygen atoms in total. The largest absolute Gasteiger partial charge is 0.417 e. The Labute approximate surface area is 130 Å². The molecule has 0 radical (unpaired) electrons. The van der Waals surface area contributed by atoms with Gasteiger partial charge in [-0.05, 0) is 40.6 Å². The molecule has 1 heterocycles. The SMILES string of the molecule is CN(Cc1ccsc1)c1ccc(C(N)=S)c(C(F)(F)F)c1. The number of nitrogens with two attached hydrogens (primary N) is 1. The predicted molar refractivity (Wildman–Crippen MR) is 83.8 cm³/mol. The number of thiophene rings is 1. The summed E-state index contributed by atoms with van der Waals surface area (Å²) < 4.78 is 39.3. The van der Waals surface area contributed by atoms with Gasteiger partial charge in [0.05, 0.1) is 5.56 Å². The smallest absolute Gasteiger partial charge is 0.389 e. The minimum absolute atomic E-state index is 0.148. The van der Waals surface area contributed by atoms with E-state index in [9.17, 15) is 13.2 Å². The molecule has 21 heavy (non-hydrogen) atoms. The van der Waals surface area contributed by atoms with Gasteiger partial charge in [0.1, 0.15) is 4.99 Å². The van der Waals surface area contributed by atoms with Crippen LogP contribution in [0.1, 0.15) is 16.7 Å². The van der Waals surface area contributed by atoms with E-state index in [2.05, 4.69) is 12.2 Å². The highest BCUT2D eigenvalue weighted by molar-refractivity contribution is 7.80. The molecule has 0 aliphatic heterocycles. The number of hydrogen-bond donors (Lipinski definition) is 1. The van der Waals surface area contributed by atoms with Crippen LogP contribution in [0.5, 0.6) is 0 Å². The van der Waals surface area contributed by atoms with E-state index in [1.807, 2.05) is 16.8 Å². The van der Waals surface area contributed by atoms with Crippen molar-refractivity contribution in [2.45, 2.75) is 12.7 Å². The Morgan fingerprint density at radius 3 is 2.57 bits per heavy atom. The van der Waals surface area contributed by atoms with Crippen LogP contribution >= 0.6 is 23.6 Å². The van der Waals surface area contributed by atoms with E-state index in [1.54, 1.807) is 29.4 Å². The van der Waals surface area contributed by atoms with Crippen LogP contribution < -0.4 is 10.6 Å². The Balaban J connectivity index is 2.35. The zero-order valence-corrected chi connectivity index (χ0v) is 12.8. The zero-order chi connectivity index (χ0) is 15.6. The van der Waals surface area contributed by atoms with E-state index in [1.165, 1.54) is 6.07 Å². The number of halogens is 3. The first-order valence-electron chi connectivity index (χ1n) is 6.02. The van der Waals surface area contributed by atoms with Crippen LogP contribution in [0.2, 0.25) is 0 Å². The Bertz CT molecular complexity index is 636. The molecule has 0 bridgehead atoms. The fourth-order valence-electron chi connectivity index (χ4n) is 1.97. The molecule has 7 heteroatoms. The summed E-state index contributed by atoms with van der Waals surface area (Å²) in [6, 6.07) is 5.94. The Morgan fingerprint density at radius 1 is 1.33 bits per heavy atom. The van der Waals surface area contributed by atoms with Gasteiger partial charge in [0.25, 0.3) is 0 Å². The van der Waals surface area contributed by atoms with Gasteiger partial charge in [-0.25, -0.2) is 0 Å². The molecule has 2 rings (SSSR count). The Kier molecular flexibility index (Phi) is 4.53. The summed E-state index contributed by atoms with van der Waals surface area (Å²) in [5.41, 5.74) is 5.93. The van der Waals surface area contributed by atoms with Crippen LogP contribution in [0.3, 0.4) is 0 Å². The topological polar surface area (TPSA) is 29.3 Å². The van der Waals surface area contributed by atoms with Crippen LogP contribution in [-0.4, -0.2) is 12.0 Å². The van der Waals surface area contributed by atoms with Crippen molar-refractivity contribution in [3.63, 3.8) is 0 Å². The fraction of sp³-hybridized carbons (Fsp3) is 0.214. The minimum Gasteiger partial charge on any atom is -0.389 e. The first kappa shape index (κ1) is 15.8. The van der Waals surface area contributed by atoms with Gasteiger partial charge < -0.3 is 10.6 Å². The van der Waals surface area contributed by atoms with Crippen LogP contribution in [-0.2, 0) is 12.7 Å². The minimum atomic E-state index is -4.49. The summed E-state index contributed by atoms with van der Waals surface area (Å²) in [5.74, 6) is 0. The molecule has 2 aromatic rings. The lowest BCUT2D eigenvalue weighted by atomic mass is 10.1. The third kappa shape index (κ3) is 3.74. The third-order valence-electron chi connectivity index (χ3n) is 3.01. The zero-order valence-electron chi connectivity index (χ0n) is 11.1. The molecule has 0 aliphatic carbocycles. The van der Waals surface area contributed by atoms with Crippen molar-refractivity contribution in [1.29, 1.82) is 0 Å². The maximum Gasteiger partial charge on any atom is 0.417 e. The van der Waals surface area contributed by atoms with Gasteiger partial charge in [0, 0.05) is 24.8 Å². The summed E-state index contributed by atoms with van der Waals surface area (Å²) in [5, 5.41) is 3.89. The molecule has 0 spiro atoms. The molecular weight excluding hydrogens is 317 g/mol. The summed E-state index contributed by atoms with van der Waals surface area (Å²) >= 11 is 6.24. The summed E-state index contributed by atoms with van der Waals surface area (Å²) in [6.07, 6.45) is -4.49. The monoisotopic (exact) mass is 330 g/mol. The predicted octanol–water partition coefficient (Wildman–Crippen LogP) is 4.04. The van der Waals surface area contributed by atoms with E-state index in [0.717, 1.165) is 11.6 Å². The maximum atomic E-state index is 13.1. The lowest BCUT2D eigenvalue weighted by Crippen LogP contribution is -2.21. The average Bonchev–Trinajstić information content (AvgIpc) is 2.89. The molecule has 0 unspecified atom stereocenters. The van der Waals surface area contributed by atoms with Gasteiger partial charge >= 0.3 is 6.18 Å². The van der Waals surface area contributed by atoms with E-state index in [4.69, 9.17) is 5.73 Å². The maximum absolute atomic E-state index is 13.1. The number of benzene rings is 1. The van der Waals surface area contributed by atoms with E-state index in [-0.39, 0.29) is 10.6 Å². The van der Waals surface area contributed by atoms with E-state index < -0.39 is 11.7 Å². The first-order valence-corrected chi connectivity index (χ1v) is 7.37. The molecule has 0 atom stereocenters. The van der Waals surface area contributed by atoms with Crippen molar-refractivity contribution >= 4 is 34.2 Å². The third-order valence-corrected chi connectivity index (χ3v) is 3.97. The van der Waals surface area contributed by atoms with Crippen molar-refractivity contribution < 1.29 is 13.2 Å². The number of rotatable bonds is 4. The molecule has 2 N–H and O–H groups in total. The van der Waals surface area contributed by atoms with Crippen LogP contribution in [0.25, 0.3) is 0 Å². The highest BCUT2D eigenvalue weighted by Crippen LogP contribution is 2.34. The van der Waals surface area contributed by atoms with Crippen molar-refractivity contribution in [2.24, 2.45) is 5.73 Å². The van der Waals surface area contributed by atoms with Crippen LogP contribution in [0.15, 0.2) is 35.0 Å². The average molecular weight is 330 g/mol. The molecule has 1 aromatic carbocycles. The first-order chi connectivity index (χ1) is 9.79. The lowest BCUT2D eigenvalue weighted by molar-refractivity contribution is -0.137. The highest BCUT2D eigenvalue weighted by atomic mass is 32.1. The van der Waals surface area contributed by atoms with Crippen molar-refractivity contribution in [3.8, 4) is 0 Å². The summed E-state index contributed by atoms with van der Waals surface area (Å²) in [4.78, 5) is 1.50. The lowest BCUT2D eigenvalue weighted by Gasteiger charge is -2.21. The second-order valence-electron chi connectivity index (χ2n) is 4.58. The molecule has 0 fully saturated rings. The summed E-state index contributed by atoms with van der Waals surface area (Å²) in [6.45, 7) is 0.535. The van der Waals surface area contributed by atoms with Crippen molar-refractivity contribution in [1.82, 2.24) is 0 Å². The van der Waals surface area contributed by atoms with Gasteiger partial charge in [0.15, 0.2) is 0 Å². The van der Waals surface area contributed by atoms with Crippen molar-refractivity contribution in [2.75, 3.05) is 11.9 Å². The van der Waals surface area contributed by atoms with E-state index >= 15 is 0 Å². The van der Waals surface area contributed by atoms with Crippen molar-refractivity contribution in [3.05, 3.63) is 51.7 Å². The molecule has 0 amide bonds. The molecule has 0 saturated heterocycles. The van der Waals surface area contributed by atoms with Gasteiger partial charge in [0.2, 0.25) is 0 Å². The molecular formula is C14H13F3N2S2. The second-order valence-corrected chi connectivity index (χ2v) is 5.80. The molecule has 1 aromatic heterocycles. The second kappa shape index (κ2) is 6.03. The van der Waals surface area contributed by atoms with E-state index in [0.29, 0.717) is 12.2 Å². The van der Waals surface area contributed by atoms with Gasteiger partial charge in [-0.2, -0.15) is 24.5 Å². The van der Waals surface area contributed by atoms with Gasteiger partial charge in [-0.1, -0.05) is 12.2 Å². The van der Waals surface area contributed by atoms with Gasteiger partial charge in [-0.3, -0.25) is 0 Å². The molecule has 0 aliphatic rings. The Morgan fingerprint density at radius 2 is 2.05 bits per heavy atom. The number of anilines is 1. The van der Waals surface area contributed by atoms with Crippen LogP contribution in [0.4, 0.5) is 18.9 Å². The highest BCUT2D eigenvalue weighted by Gasteiger charge is 2.34. The normalized spacial score (nSPS) is 11.4. The number of thiocarbonyl (C=S) groups is 1. The Hall–Kier alpha value is -1.60. The molecule has 112 valence electrons. The summed E-state index contributed by atoms with van der Waals surface area (Å²) in [7, 11) is 1.74. The van der Waals surface area contributed by atoms with Crippen LogP contribution in [0, 0.1) is 0 Å².